The Labute approximate surface area is 142 Å². The van der Waals surface area contributed by atoms with Crippen LogP contribution in [0.25, 0.3) is 0 Å². The molecular formula is C16H20F3N5O. The number of amides is 1. The third-order valence-corrected chi connectivity index (χ3v) is 4.21. The van der Waals surface area contributed by atoms with Gasteiger partial charge in [-0.3, -0.25) is 14.6 Å². The van der Waals surface area contributed by atoms with Crippen molar-refractivity contribution in [2.24, 2.45) is 5.92 Å². The number of H-pyrrole nitrogens is 1. The van der Waals surface area contributed by atoms with Gasteiger partial charge in [0.2, 0.25) is 0 Å². The van der Waals surface area contributed by atoms with Crippen molar-refractivity contribution in [3.63, 3.8) is 0 Å². The normalized spacial score (nSPS) is 16.0. The van der Waals surface area contributed by atoms with Crippen LogP contribution in [0, 0.1) is 12.8 Å². The number of nitrogens with one attached hydrogen (secondary N) is 2. The monoisotopic (exact) mass is 355 g/mol. The summed E-state index contributed by atoms with van der Waals surface area (Å²) in [4.78, 5) is 12.1. The molecule has 1 aliphatic carbocycles. The molecule has 0 radical (unpaired) electrons. The van der Waals surface area contributed by atoms with Gasteiger partial charge in [-0.25, -0.2) is 0 Å². The van der Waals surface area contributed by atoms with Crippen LogP contribution in [-0.4, -0.2) is 32.4 Å². The van der Waals surface area contributed by atoms with Gasteiger partial charge >= 0.3 is 6.18 Å². The summed E-state index contributed by atoms with van der Waals surface area (Å²) in [6, 6.07) is 2.78. The number of hydrogen-bond acceptors (Lipinski definition) is 3. The third-order valence-electron chi connectivity index (χ3n) is 4.21. The number of halogens is 3. The largest absolute Gasteiger partial charge is 0.435 e. The lowest BCUT2D eigenvalue weighted by atomic mass is 10.1. The Morgan fingerprint density at radius 2 is 2.16 bits per heavy atom. The molecule has 6 nitrogen and oxygen atoms in total. The zero-order valence-electron chi connectivity index (χ0n) is 14.0. The zero-order chi connectivity index (χ0) is 18.2. The molecule has 0 aliphatic heterocycles. The summed E-state index contributed by atoms with van der Waals surface area (Å²) in [5.74, 6) is 0.118. The lowest BCUT2D eigenvalue weighted by Crippen LogP contribution is -2.30. The highest BCUT2D eigenvalue weighted by Gasteiger charge is 2.34. The number of alkyl halides is 3. The van der Waals surface area contributed by atoms with Gasteiger partial charge in [0.05, 0.1) is 0 Å². The van der Waals surface area contributed by atoms with Crippen LogP contribution in [0.15, 0.2) is 12.1 Å². The number of rotatable bonds is 6. The van der Waals surface area contributed by atoms with Gasteiger partial charge in [0.15, 0.2) is 5.69 Å². The smallest absolute Gasteiger partial charge is 0.350 e. The van der Waals surface area contributed by atoms with Crippen LogP contribution in [0.2, 0.25) is 0 Å². The van der Waals surface area contributed by atoms with Crippen molar-refractivity contribution in [1.29, 1.82) is 0 Å². The Morgan fingerprint density at radius 1 is 1.44 bits per heavy atom. The van der Waals surface area contributed by atoms with Crippen LogP contribution >= 0.6 is 0 Å². The average Bonchev–Trinajstić information content (AvgIpc) is 3.14. The molecule has 9 heteroatoms. The number of aromatic nitrogens is 4. The fourth-order valence-corrected chi connectivity index (χ4v) is 2.61. The SMILES string of the molecule is Cc1cc(C(F)(F)F)nn1C[C@@H](C)CNC(=O)c1cc(C2CC2)[nH]n1. The second-order valence-corrected chi connectivity index (χ2v) is 6.65. The number of hydrogen-bond donors (Lipinski definition) is 2. The fourth-order valence-electron chi connectivity index (χ4n) is 2.61. The Kier molecular flexibility index (Phi) is 4.57. The maximum atomic E-state index is 12.7. The minimum Gasteiger partial charge on any atom is -0.350 e. The van der Waals surface area contributed by atoms with Crippen molar-refractivity contribution < 1.29 is 18.0 Å². The van der Waals surface area contributed by atoms with E-state index in [4.69, 9.17) is 0 Å². The lowest BCUT2D eigenvalue weighted by molar-refractivity contribution is -0.141. The minimum atomic E-state index is -4.45. The Morgan fingerprint density at radius 3 is 2.76 bits per heavy atom. The van der Waals surface area contributed by atoms with Crippen LogP contribution in [0.1, 0.15) is 53.3 Å². The maximum Gasteiger partial charge on any atom is 0.435 e. The van der Waals surface area contributed by atoms with Crippen LogP contribution in [0.5, 0.6) is 0 Å². The first kappa shape index (κ1) is 17.5. The fraction of sp³-hybridized carbons (Fsp3) is 0.562. The van der Waals surface area contributed by atoms with E-state index in [1.165, 1.54) is 4.68 Å². The molecule has 25 heavy (non-hydrogen) atoms. The second kappa shape index (κ2) is 6.53. The summed E-state index contributed by atoms with van der Waals surface area (Å²) in [7, 11) is 0. The van der Waals surface area contributed by atoms with Gasteiger partial charge in [0.25, 0.3) is 5.91 Å². The van der Waals surface area contributed by atoms with Gasteiger partial charge in [-0.1, -0.05) is 6.92 Å². The molecule has 3 rings (SSSR count). The van der Waals surface area contributed by atoms with Crippen LogP contribution in [-0.2, 0) is 12.7 Å². The maximum absolute atomic E-state index is 12.7. The molecule has 1 aliphatic rings. The summed E-state index contributed by atoms with van der Waals surface area (Å²) < 4.78 is 39.4. The molecule has 1 atom stereocenters. The van der Waals surface area contributed by atoms with Gasteiger partial charge in [0, 0.05) is 30.4 Å². The van der Waals surface area contributed by atoms with Crippen molar-refractivity contribution in [1.82, 2.24) is 25.3 Å². The van der Waals surface area contributed by atoms with E-state index < -0.39 is 11.9 Å². The highest BCUT2D eigenvalue weighted by Crippen LogP contribution is 2.38. The molecule has 2 aromatic rings. The van der Waals surface area contributed by atoms with E-state index in [0.29, 0.717) is 23.9 Å². The predicted molar refractivity (Wildman–Crippen MR) is 84.0 cm³/mol. The van der Waals surface area contributed by atoms with Crippen LogP contribution < -0.4 is 5.32 Å². The van der Waals surface area contributed by atoms with E-state index in [0.717, 1.165) is 24.6 Å². The van der Waals surface area contributed by atoms with Gasteiger partial charge in [-0.15, -0.1) is 0 Å². The molecule has 0 unspecified atom stereocenters. The van der Waals surface area contributed by atoms with E-state index in [2.05, 4.69) is 20.6 Å². The standard InChI is InChI=1S/C16H20F3N5O/c1-9(8-24-10(2)5-14(23-24)16(17,18)19)7-20-15(25)13-6-12(21-22-13)11-3-4-11/h5-6,9,11H,3-4,7-8H2,1-2H3,(H,20,25)(H,21,22)/t9-/m0/s1. The topological polar surface area (TPSA) is 75.6 Å². The first-order valence-corrected chi connectivity index (χ1v) is 8.19. The molecular weight excluding hydrogens is 335 g/mol. The van der Waals surface area contributed by atoms with E-state index in [1.807, 2.05) is 6.92 Å². The summed E-state index contributed by atoms with van der Waals surface area (Å²) >= 11 is 0. The van der Waals surface area contributed by atoms with E-state index >= 15 is 0 Å². The molecule has 1 amide bonds. The van der Waals surface area contributed by atoms with E-state index in [1.54, 1.807) is 13.0 Å². The number of carbonyl (C=O) groups is 1. The van der Waals surface area contributed by atoms with E-state index in [-0.39, 0.29) is 18.4 Å². The Bertz CT molecular complexity index is 760. The van der Waals surface area contributed by atoms with Crippen molar-refractivity contribution in [3.8, 4) is 0 Å². The van der Waals surface area contributed by atoms with Gasteiger partial charge in [0.1, 0.15) is 5.69 Å². The van der Waals surface area contributed by atoms with E-state index in [9.17, 15) is 18.0 Å². The summed E-state index contributed by atoms with van der Waals surface area (Å²) in [6.07, 6.45) is -2.22. The lowest BCUT2D eigenvalue weighted by Gasteiger charge is -2.13. The quantitative estimate of drug-likeness (QED) is 0.837. The molecule has 136 valence electrons. The highest BCUT2D eigenvalue weighted by molar-refractivity contribution is 5.92. The van der Waals surface area contributed by atoms with Crippen molar-refractivity contribution in [2.45, 2.75) is 45.3 Å². The Hall–Kier alpha value is -2.32. The highest BCUT2D eigenvalue weighted by atomic mass is 19.4. The zero-order valence-corrected chi connectivity index (χ0v) is 14.0. The molecule has 2 heterocycles. The average molecular weight is 355 g/mol. The third kappa shape index (κ3) is 4.21. The molecule has 1 saturated carbocycles. The van der Waals surface area contributed by atoms with Crippen molar-refractivity contribution in [2.75, 3.05) is 6.54 Å². The molecule has 0 bridgehead atoms. The molecule has 1 fully saturated rings. The first-order valence-electron chi connectivity index (χ1n) is 8.19. The van der Waals surface area contributed by atoms with Gasteiger partial charge < -0.3 is 5.32 Å². The van der Waals surface area contributed by atoms with Crippen LogP contribution in [0.4, 0.5) is 13.2 Å². The van der Waals surface area contributed by atoms with Crippen molar-refractivity contribution >= 4 is 5.91 Å². The van der Waals surface area contributed by atoms with Crippen molar-refractivity contribution in [3.05, 3.63) is 34.9 Å². The number of nitrogens with zero attached hydrogens (tertiary/aromatic N) is 3. The van der Waals surface area contributed by atoms with Crippen LogP contribution in [0.3, 0.4) is 0 Å². The number of carbonyl (C=O) groups excluding carboxylic acids is 1. The summed E-state index contributed by atoms with van der Waals surface area (Å²) in [5, 5.41) is 13.2. The summed E-state index contributed by atoms with van der Waals surface area (Å²) in [6.45, 7) is 4.03. The number of aromatic amines is 1. The van der Waals surface area contributed by atoms with Gasteiger partial charge in [-0.2, -0.15) is 23.4 Å². The molecule has 2 N–H and O–H groups in total. The predicted octanol–water partition coefficient (Wildman–Crippen LogP) is 2.88. The van der Waals surface area contributed by atoms with Gasteiger partial charge in [-0.05, 0) is 37.8 Å². The number of aryl methyl sites for hydroxylation is 1. The molecule has 2 aromatic heterocycles. The molecule has 0 saturated heterocycles. The first-order chi connectivity index (χ1) is 11.7. The minimum absolute atomic E-state index is 0.0783. The molecule has 0 aromatic carbocycles. The second-order valence-electron chi connectivity index (χ2n) is 6.65. The Balaban J connectivity index is 1.53. The molecule has 0 spiro atoms. The summed E-state index contributed by atoms with van der Waals surface area (Å²) in [5.41, 5.74) is 0.853.